The molecule has 0 radical (unpaired) electrons. The normalized spacial score (nSPS) is 8.94. The van der Waals surface area contributed by atoms with Gasteiger partial charge in [-0.2, -0.15) is 0 Å². The lowest BCUT2D eigenvalue weighted by Gasteiger charge is -1.95. The summed E-state index contributed by atoms with van der Waals surface area (Å²) in [7, 11) is 1.61. The fourth-order valence-electron chi connectivity index (χ4n) is 1.11. The second-order valence-electron chi connectivity index (χ2n) is 3.53. The average molecular weight is 215 g/mol. The zero-order chi connectivity index (χ0) is 11.8. The van der Waals surface area contributed by atoms with Gasteiger partial charge in [0.1, 0.15) is 0 Å². The standard InChI is InChI=1S/C7H9NO.C7H8/c1-6-3-4-7(9-2)8-5-6;1-7-5-3-2-4-6-7/h3-5H,1-2H3;2-6H,1H3. The molecule has 2 heteroatoms. The van der Waals surface area contributed by atoms with Crippen molar-refractivity contribution in [3.05, 3.63) is 59.8 Å². The average Bonchev–Trinajstić information content (AvgIpc) is 2.32. The minimum Gasteiger partial charge on any atom is -0.481 e. The summed E-state index contributed by atoms with van der Waals surface area (Å²) in [5.41, 5.74) is 2.47. The summed E-state index contributed by atoms with van der Waals surface area (Å²) in [5.74, 6) is 0.667. The molecule has 0 aliphatic heterocycles. The van der Waals surface area contributed by atoms with Crippen LogP contribution in [-0.2, 0) is 0 Å². The highest BCUT2D eigenvalue weighted by molar-refractivity contribution is 5.15. The molecule has 0 saturated carbocycles. The number of hydrogen-bond donors (Lipinski definition) is 0. The number of aromatic nitrogens is 1. The first kappa shape index (κ1) is 12.2. The molecule has 0 aliphatic carbocycles. The molecular formula is C14H17NO. The van der Waals surface area contributed by atoms with Crippen LogP contribution in [0.15, 0.2) is 48.7 Å². The van der Waals surface area contributed by atoms with E-state index in [2.05, 4.69) is 24.0 Å². The van der Waals surface area contributed by atoms with Gasteiger partial charge in [0, 0.05) is 12.3 Å². The second kappa shape index (κ2) is 6.62. The first-order chi connectivity index (χ1) is 7.72. The number of ether oxygens (including phenoxy) is 1. The highest BCUT2D eigenvalue weighted by Gasteiger charge is 1.87. The smallest absolute Gasteiger partial charge is 0.212 e. The lowest BCUT2D eigenvalue weighted by molar-refractivity contribution is 0.397. The molecule has 2 nitrogen and oxygen atoms in total. The van der Waals surface area contributed by atoms with Gasteiger partial charge < -0.3 is 4.74 Å². The number of nitrogens with zero attached hydrogens (tertiary/aromatic N) is 1. The summed E-state index contributed by atoms with van der Waals surface area (Å²) in [6.45, 7) is 4.08. The topological polar surface area (TPSA) is 22.1 Å². The molecule has 0 atom stereocenters. The molecule has 0 saturated heterocycles. The Labute approximate surface area is 96.9 Å². The van der Waals surface area contributed by atoms with Crippen molar-refractivity contribution in [2.45, 2.75) is 13.8 Å². The van der Waals surface area contributed by atoms with E-state index in [0.717, 1.165) is 5.56 Å². The fourth-order valence-corrected chi connectivity index (χ4v) is 1.11. The van der Waals surface area contributed by atoms with E-state index in [-0.39, 0.29) is 0 Å². The van der Waals surface area contributed by atoms with Gasteiger partial charge in [0.05, 0.1) is 7.11 Å². The van der Waals surface area contributed by atoms with Gasteiger partial charge in [0.25, 0.3) is 0 Å². The van der Waals surface area contributed by atoms with Crippen molar-refractivity contribution in [1.29, 1.82) is 0 Å². The van der Waals surface area contributed by atoms with Crippen LogP contribution in [0.5, 0.6) is 5.88 Å². The van der Waals surface area contributed by atoms with Crippen LogP contribution in [-0.4, -0.2) is 12.1 Å². The first-order valence-electron chi connectivity index (χ1n) is 5.20. The lowest BCUT2D eigenvalue weighted by atomic mass is 10.2. The highest BCUT2D eigenvalue weighted by Crippen LogP contribution is 2.04. The van der Waals surface area contributed by atoms with Crippen molar-refractivity contribution < 1.29 is 4.74 Å². The van der Waals surface area contributed by atoms with E-state index in [1.165, 1.54) is 5.56 Å². The fraction of sp³-hybridized carbons (Fsp3) is 0.214. The van der Waals surface area contributed by atoms with Crippen LogP contribution in [0.4, 0.5) is 0 Å². The molecule has 1 aromatic carbocycles. The van der Waals surface area contributed by atoms with Gasteiger partial charge in [-0.05, 0) is 19.4 Å². The van der Waals surface area contributed by atoms with Crippen LogP contribution in [0.2, 0.25) is 0 Å². The van der Waals surface area contributed by atoms with Gasteiger partial charge in [0.2, 0.25) is 5.88 Å². The number of benzene rings is 1. The maximum absolute atomic E-state index is 4.86. The minimum atomic E-state index is 0.667. The largest absolute Gasteiger partial charge is 0.481 e. The van der Waals surface area contributed by atoms with E-state index in [0.29, 0.717) is 5.88 Å². The zero-order valence-electron chi connectivity index (χ0n) is 9.97. The van der Waals surface area contributed by atoms with Crippen LogP contribution in [0, 0.1) is 13.8 Å². The summed E-state index contributed by atoms with van der Waals surface area (Å²) in [6.07, 6.45) is 1.78. The molecule has 0 spiro atoms. The zero-order valence-corrected chi connectivity index (χ0v) is 9.97. The Bertz CT molecular complexity index is 395. The summed E-state index contributed by atoms with van der Waals surface area (Å²) in [6, 6.07) is 14.1. The number of aryl methyl sites for hydroxylation is 2. The molecule has 84 valence electrons. The quantitative estimate of drug-likeness (QED) is 0.727. The third-order valence-corrected chi connectivity index (χ3v) is 2.03. The van der Waals surface area contributed by atoms with E-state index in [1.807, 2.05) is 37.3 Å². The Balaban J connectivity index is 0.000000165. The van der Waals surface area contributed by atoms with Crippen LogP contribution in [0.3, 0.4) is 0 Å². The van der Waals surface area contributed by atoms with E-state index in [9.17, 15) is 0 Å². The SMILES string of the molecule is COc1ccc(C)cn1.Cc1ccccc1. The molecule has 16 heavy (non-hydrogen) atoms. The van der Waals surface area contributed by atoms with Crippen molar-refractivity contribution in [3.8, 4) is 5.88 Å². The molecule has 0 amide bonds. The number of methoxy groups -OCH3 is 1. The Morgan fingerprint density at radius 3 is 1.94 bits per heavy atom. The predicted octanol–water partition coefficient (Wildman–Crippen LogP) is 3.39. The minimum absolute atomic E-state index is 0.667. The Kier molecular flexibility index (Phi) is 5.06. The van der Waals surface area contributed by atoms with Crippen molar-refractivity contribution in [1.82, 2.24) is 4.98 Å². The Hall–Kier alpha value is -1.83. The van der Waals surface area contributed by atoms with Crippen molar-refractivity contribution in [2.24, 2.45) is 0 Å². The second-order valence-corrected chi connectivity index (χ2v) is 3.53. The van der Waals surface area contributed by atoms with Gasteiger partial charge in [-0.25, -0.2) is 4.98 Å². The molecule has 1 heterocycles. The van der Waals surface area contributed by atoms with Gasteiger partial charge >= 0.3 is 0 Å². The molecule has 0 aliphatic rings. The van der Waals surface area contributed by atoms with Gasteiger partial charge in [0.15, 0.2) is 0 Å². The van der Waals surface area contributed by atoms with Crippen molar-refractivity contribution >= 4 is 0 Å². The predicted molar refractivity (Wildman–Crippen MR) is 66.7 cm³/mol. The van der Waals surface area contributed by atoms with Gasteiger partial charge in [-0.15, -0.1) is 0 Å². The number of rotatable bonds is 1. The summed E-state index contributed by atoms with van der Waals surface area (Å²) < 4.78 is 4.86. The third-order valence-electron chi connectivity index (χ3n) is 2.03. The molecule has 1 aromatic heterocycles. The lowest BCUT2D eigenvalue weighted by Crippen LogP contribution is -1.85. The number of hydrogen-bond acceptors (Lipinski definition) is 2. The summed E-state index contributed by atoms with van der Waals surface area (Å²) in [5, 5.41) is 0. The molecule has 0 N–H and O–H groups in total. The first-order valence-corrected chi connectivity index (χ1v) is 5.20. The molecule has 0 bridgehead atoms. The van der Waals surface area contributed by atoms with E-state index in [4.69, 9.17) is 4.74 Å². The van der Waals surface area contributed by atoms with Crippen LogP contribution >= 0.6 is 0 Å². The maximum Gasteiger partial charge on any atom is 0.212 e. The Morgan fingerprint density at radius 1 is 0.875 bits per heavy atom. The maximum atomic E-state index is 4.86. The molecule has 2 rings (SSSR count). The van der Waals surface area contributed by atoms with E-state index in [1.54, 1.807) is 13.3 Å². The molecule has 0 fully saturated rings. The van der Waals surface area contributed by atoms with Crippen molar-refractivity contribution in [2.75, 3.05) is 7.11 Å². The van der Waals surface area contributed by atoms with Crippen LogP contribution < -0.4 is 4.74 Å². The molecular weight excluding hydrogens is 198 g/mol. The van der Waals surface area contributed by atoms with Crippen molar-refractivity contribution in [3.63, 3.8) is 0 Å². The van der Waals surface area contributed by atoms with Crippen LogP contribution in [0.1, 0.15) is 11.1 Å². The summed E-state index contributed by atoms with van der Waals surface area (Å²) in [4.78, 5) is 3.97. The monoisotopic (exact) mass is 215 g/mol. The molecule has 2 aromatic rings. The number of pyridine rings is 1. The Morgan fingerprint density at radius 2 is 1.56 bits per heavy atom. The van der Waals surface area contributed by atoms with Crippen LogP contribution in [0.25, 0.3) is 0 Å². The molecule has 0 unspecified atom stereocenters. The van der Waals surface area contributed by atoms with Gasteiger partial charge in [-0.1, -0.05) is 42.0 Å². The van der Waals surface area contributed by atoms with Gasteiger partial charge in [-0.3, -0.25) is 0 Å². The van der Waals surface area contributed by atoms with E-state index < -0.39 is 0 Å². The third kappa shape index (κ3) is 4.60. The van der Waals surface area contributed by atoms with E-state index >= 15 is 0 Å². The highest BCUT2D eigenvalue weighted by atomic mass is 16.5. The summed E-state index contributed by atoms with van der Waals surface area (Å²) >= 11 is 0.